The van der Waals surface area contributed by atoms with Crippen LogP contribution in [0.3, 0.4) is 0 Å². The van der Waals surface area contributed by atoms with E-state index < -0.39 is 28.6 Å². The number of aliphatic hydroxyl groups excluding tert-OH is 1. The first-order chi connectivity index (χ1) is 9.27. The lowest BCUT2D eigenvalue weighted by Crippen LogP contribution is -2.37. The first-order valence-electron chi connectivity index (χ1n) is 6.13. The van der Waals surface area contributed by atoms with Crippen molar-refractivity contribution in [3.63, 3.8) is 0 Å². The van der Waals surface area contributed by atoms with Crippen molar-refractivity contribution in [1.29, 1.82) is 0 Å². The van der Waals surface area contributed by atoms with E-state index >= 15 is 0 Å². The maximum absolute atomic E-state index is 12.0. The van der Waals surface area contributed by atoms with E-state index in [1.54, 1.807) is 12.1 Å². The van der Waals surface area contributed by atoms with Gasteiger partial charge in [0.15, 0.2) is 6.10 Å². The summed E-state index contributed by atoms with van der Waals surface area (Å²) in [6, 6.07) is 6.44. The minimum absolute atomic E-state index is 0.0824. The fourth-order valence-electron chi connectivity index (χ4n) is 1.52. The van der Waals surface area contributed by atoms with Gasteiger partial charge in [0.25, 0.3) is 0 Å². The molecule has 0 bridgehead atoms. The normalized spacial score (nSPS) is 13.2. The molecule has 0 radical (unpaired) electrons. The zero-order valence-corrected chi connectivity index (χ0v) is 12.5. The van der Waals surface area contributed by atoms with Gasteiger partial charge >= 0.3 is 5.97 Å². The van der Waals surface area contributed by atoms with Gasteiger partial charge in [-0.05, 0) is 23.6 Å². The zero-order chi connectivity index (χ0) is 15.3. The summed E-state index contributed by atoms with van der Waals surface area (Å²) in [4.78, 5) is 11.1. The third-order valence-corrected chi connectivity index (χ3v) is 4.24. The first-order valence-corrected chi connectivity index (χ1v) is 7.61. The van der Waals surface area contributed by atoms with Crippen LogP contribution in [0.25, 0.3) is 0 Å². The number of rotatable bonds is 6. The largest absolute Gasteiger partial charge is 0.467 e. The van der Waals surface area contributed by atoms with E-state index in [0.717, 1.165) is 12.7 Å². The molecule has 0 aliphatic rings. The highest BCUT2D eigenvalue weighted by Gasteiger charge is 2.20. The number of aliphatic hydroxyl groups is 1. The lowest BCUT2D eigenvalue weighted by molar-refractivity contribution is -0.149. The Hall–Kier alpha value is -1.44. The average molecular weight is 301 g/mol. The van der Waals surface area contributed by atoms with Crippen LogP contribution >= 0.6 is 0 Å². The molecule has 0 heterocycles. The minimum atomic E-state index is -3.76. The van der Waals surface area contributed by atoms with Crippen LogP contribution < -0.4 is 4.72 Å². The Morgan fingerprint density at radius 1 is 1.30 bits per heavy atom. The molecule has 1 rings (SSSR count). The van der Waals surface area contributed by atoms with Crippen molar-refractivity contribution in [3.8, 4) is 0 Å². The second-order valence-corrected chi connectivity index (χ2v) is 6.38. The molecule has 1 unspecified atom stereocenters. The minimum Gasteiger partial charge on any atom is -0.467 e. The number of methoxy groups -OCH3 is 1. The lowest BCUT2D eigenvalue weighted by Gasteiger charge is -2.11. The molecule has 0 aromatic heterocycles. The molecule has 0 saturated heterocycles. The molecule has 0 fully saturated rings. The van der Waals surface area contributed by atoms with Crippen molar-refractivity contribution in [3.05, 3.63) is 29.8 Å². The third kappa shape index (κ3) is 4.29. The van der Waals surface area contributed by atoms with E-state index in [0.29, 0.717) is 5.92 Å². The summed E-state index contributed by atoms with van der Waals surface area (Å²) in [5.41, 5.74) is 1.03. The molecule has 20 heavy (non-hydrogen) atoms. The van der Waals surface area contributed by atoms with Crippen molar-refractivity contribution < 1.29 is 23.1 Å². The van der Waals surface area contributed by atoms with E-state index in [4.69, 9.17) is 0 Å². The van der Waals surface area contributed by atoms with Crippen LogP contribution in [-0.2, 0) is 19.6 Å². The van der Waals surface area contributed by atoms with Crippen molar-refractivity contribution in [2.75, 3.05) is 13.7 Å². The highest BCUT2D eigenvalue weighted by atomic mass is 32.2. The van der Waals surface area contributed by atoms with Gasteiger partial charge in [0, 0.05) is 6.54 Å². The van der Waals surface area contributed by atoms with Gasteiger partial charge < -0.3 is 9.84 Å². The number of nitrogens with one attached hydrogen (secondary N) is 1. The molecule has 7 heteroatoms. The molecule has 1 aromatic rings. The van der Waals surface area contributed by atoms with Gasteiger partial charge in [0.05, 0.1) is 12.0 Å². The standard InChI is InChI=1S/C13H19NO5S/c1-9(2)10-4-6-11(7-5-10)20(17,18)14-8-12(15)13(16)19-3/h4-7,9,12,14-15H,8H2,1-3H3. The zero-order valence-electron chi connectivity index (χ0n) is 11.7. The predicted octanol–water partition coefficient (Wildman–Crippen LogP) is 0.622. The quantitative estimate of drug-likeness (QED) is 0.752. The molecule has 1 aromatic carbocycles. The Kier molecular flexibility index (Phi) is 5.67. The molecule has 0 aliphatic heterocycles. The van der Waals surface area contributed by atoms with Crippen LogP contribution in [0.4, 0.5) is 0 Å². The average Bonchev–Trinajstić information content (AvgIpc) is 2.44. The third-order valence-electron chi connectivity index (χ3n) is 2.80. The van der Waals surface area contributed by atoms with Crippen LogP contribution in [0.15, 0.2) is 29.2 Å². The summed E-state index contributed by atoms with van der Waals surface area (Å²) in [5.74, 6) is -0.580. The van der Waals surface area contributed by atoms with E-state index in [9.17, 15) is 18.3 Å². The number of carbonyl (C=O) groups excluding carboxylic acids is 1. The molecule has 2 N–H and O–H groups in total. The summed E-state index contributed by atoms with van der Waals surface area (Å²) in [6.07, 6.45) is -1.52. The van der Waals surface area contributed by atoms with Gasteiger partial charge in [-0.1, -0.05) is 26.0 Å². The van der Waals surface area contributed by atoms with Gasteiger partial charge in [0.2, 0.25) is 10.0 Å². The number of esters is 1. The molecule has 0 spiro atoms. The number of hydrogen-bond acceptors (Lipinski definition) is 5. The number of ether oxygens (including phenoxy) is 1. The number of benzene rings is 1. The molecule has 1 atom stereocenters. The summed E-state index contributed by atoms with van der Waals surface area (Å²) < 4.78 is 30.4. The maximum Gasteiger partial charge on any atom is 0.336 e. The SMILES string of the molecule is COC(=O)C(O)CNS(=O)(=O)c1ccc(C(C)C)cc1. The molecular formula is C13H19NO5S. The predicted molar refractivity (Wildman–Crippen MR) is 73.7 cm³/mol. The Morgan fingerprint density at radius 3 is 2.30 bits per heavy atom. The lowest BCUT2D eigenvalue weighted by atomic mass is 10.0. The molecular weight excluding hydrogens is 282 g/mol. The fourth-order valence-corrected chi connectivity index (χ4v) is 2.56. The molecule has 6 nitrogen and oxygen atoms in total. The number of carbonyl (C=O) groups is 1. The second kappa shape index (κ2) is 6.83. The van der Waals surface area contributed by atoms with Crippen molar-refractivity contribution in [1.82, 2.24) is 4.72 Å². The van der Waals surface area contributed by atoms with Gasteiger partial charge in [0.1, 0.15) is 0 Å². The summed E-state index contributed by atoms with van der Waals surface area (Å²) in [6.45, 7) is 3.59. The van der Waals surface area contributed by atoms with E-state index in [1.165, 1.54) is 12.1 Å². The molecule has 0 saturated carbocycles. The van der Waals surface area contributed by atoms with Crippen LogP contribution in [0.5, 0.6) is 0 Å². The van der Waals surface area contributed by atoms with E-state index in [-0.39, 0.29) is 4.90 Å². The maximum atomic E-state index is 12.0. The smallest absolute Gasteiger partial charge is 0.336 e. The molecule has 0 amide bonds. The van der Waals surface area contributed by atoms with Crippen LogP contribution in [0, 0.1) is 0 Å². The van der Waals surface area contributed by atoms with Gasteiger partial charge in [-0.2, -0.15) is 0 Å². The van der Waals surface area contributed by atoms with E-state index in [1.807, 2.05) is 13.8 Å². The van der Waals surface area contributed by atoms with Crippen molar-refractivity contribution >= 4 is 16.0 Å². The number of sulfonamides is 1. The van der Waals surface area contributed by atoms with Crippen LogP contribution in [-0.4, -0.2) is 39.3 Å². The topological polar surface area (TPSA) is 92.7 Å². The number of hydrogen-bond donors (Lipinski definition) is 2. The summed E-state index contributed by atoms with van der Waals surface area (Å²) in [5, 5.41) is 9.34. The Bertz CT molecular complexity index is 551. The Balaban J connectivity index is 2.76. The van der Waals surface area contributed by atoms with Gasteiger partial charge in [-0.15, -0.1) is 0 Å². The highest BCUT2D eigenvalue weighted by Crippen LogP contribution is 2.17. The highest BCUT2D eigenvalue weighted by molar-refractivity contribution is 7.89. The van der Waals surface area contributed by atoms with Gasteiger partial charge in [-0.25, -0.2) is 17.9 Å². The summed E-state index contributed by atoms with van der Waals surface area (Å²) in [7, 11) is -2.64. The molecule has 112 valence electrons. The van der Waals surface area contributed by atoms with E-state index in [2.05, 4.69) is 9.46 Å². The molecule has 0 aliphatic carbocycles. The Labute approximate surface area is 118 Å². The second-order valence-electron chi connectivity index (χ2n) is 4.61. The van der Waals surface area contributed by atoms with Crippen molar-refractivity contribution in [2.45, 2.75) is 30.8 Å². The van der Waals surface area contributed by atoms with Crippen molar-refractivity contribution in [2.24, 2.45) is 0 Å². The summed E-state index contributed by atoms with van der Waals surface area (Å²) >= 11 is 0. The first kappa shape index (κ1) is 16.6. The Morgan fingerprint density at radius 2 is 1.85 bits per heavy atom. The van der Waals surface area contributed by atoms with Crippen LogP contribution in [0.2, 0.25) is 0 Å². The monoisotopic (exact) mass is 301 g/mol. The fraction of sp³-hybridized carbons (Fsp3) is 0.462. The van der Waals surface area contributed by atoms with Gasteiger partial charge in [-0.3, -0.25) is 0 Å². The van der Waals surface area contributed by atoms with Crippen LogP contribution in [0.1, 0.15) is 25.3 Å².